The summed E-state index contributed by atoms with van der Waals surface area (Å²) in [6.45, 7) is 1.55. The number of carboxylic acids is 1. The Kier molecular flexibility index (Phi) is 4.24. The highest BCUT2D eigenvalue weighted by molar-refractivity contribution is 7.13. The zero-order valence-electron chi connectivity index (χ0n) is 12.0. The average molecular weight is 308 g/mol. The standard InChI is InChI=1S/C15H20N2O3S/c18-13(4-3-10-1-2-10)17-7-5-11(6-8-17)14-16-9-12(21-14)15(19)20/h9-11H,1-8H2,(H,19,20). The second-order valence-electron chi connectivity index (χ2n) is 6.01. The van der Waals surface area contributed by atoms with Crippen molar-refractivity contribution in [2.75, 3.05) is 13.1 Å². The second kappa shape index (κ2) is 6.13. The van der Waals surface area contributed by atoms with Crippen LogP contribution >= 0.6 is 11.3 Å². The van der Waals surface area contributed by atoms with Gasteiger partial charge in [0.05, 0.1) is 11.2 Å². The molecule has 0 spiro atoms. The third-order valence-corrected chi connectivity index (χ3v) is 5.54. The molecule has 2 fully saturated rings. The Bertz CT molecular complexity index is 531. The van der Waals surface area contributed by atoms with Gasteiger partial charge in [-0.3, -0.25) is 4.79 Å². The lowest BCUT2D eigenvalue weighted by Crippen LogP contribution is -2.37. The SMILES string of the molecule is O=C(O)c1cnc(C2CCN(C(=O)CCC3CC3)CC2)s1. The highest BCUT2D eigenvalue weighted by atomic mass is 32.1. The number of piperidine rings is 1. The molecule has 0 unspecified atom stereocenters. The van der Waals surface area contributed by atoms with Gasteiger partial charge in [0.25, 0.3) is 0 Å². The summed E-state index contributed by atoms with van der Waals surface area (Å²) in [6.07, 6.45) is 7.55. The van der Waals surface area contributed by atoms with Crippen molar-refractivity contribution in [3.8, 4) is 0 Å². The first-order chi connectivity index (χ1) is 10.1. The number of carboxylic acid groups (broad SMARTS) is 1. The van der Waals surface area contributed by atoms with Crippen molar-refractivity contribution < 1.29 is 14.7 Å². The minimum absolute atomic E-state index is 0.283. The topological polar surface area (TPSA) is 70.5 Å². The van der Waals surface area contributed by atoms with Crippen LogP contribution in [0, 0.1) is 5.92 Å². The number of likely N-dealkylation sites (tertiary alicyclic amines) is 1. The Labute approximate surface area is 128 Å². The van der Waals surface area contributed by atoms with E-state index in [0.717, 1.165) is 43.3 Å². The van der Waals surface area contributed by atoms with Crippen LogP contribution in [0.4, 0.5) is 0 Å². The number of hydrogen-bond donors (Lipinski definition) is 1. The fourth-order valence-corrected chi connectivity index (χ4v) is 3.77. The number of carbonyl (C=O) groups excluding carboxylic acids is 1. The number of hydrogen-bond acceptors (Lipinski definition) is 4. The Morgan fingerprint density at radius 3 is 2.57 bits per heavy atom. The van der Waals surface area contributed by atoms with Crippen molar-refractivity contribution in [2.24, 2.45) is 5.92 Å². The molecule has 1 N–H and O–H groups in total. The molecule has 114 valence electrons. The molecular weight excluding hydrogens is 288 g/mol. The van der Waals surface area contributed by atoms with Crippen molar-refractivity contribution in [2.45, 2.75) is 44.4 Å². The van der Waals surface area contributed by atoms with E-state index in [1.54, 1.807) is 0 Å². The Balaban J connectivity index is 1.49. The lowest BCUT2D eigenvalue weighted by Gasteiger charge is -2.31. The highest BCUT2D eigenvalue weighted by Crippen LogP contribution is 2.34. The van der Waals surface area contributed by atoms with Crippen molar-refractivity contribution in [1.29, 1.82) is 0 Å². The maximum atomic E-state index is 12.1. The van der Waals surface area contributed by atoms with Gasteiger partial charge in [0.15, 0.2) is 0 Å². The third-order valence-electron chi connectivity index (χ3n) is 4.39. The van der Waals surface area contributed by atoms with Gasteiger partial charge < -0.3 is 10.0 Å². The molecule has 1 aromatic heterocycles. The van der Waals surface area contributed by atoms with E-state index < -0.39 is 5.97 Å². The van der Waals surface area contributed by atoms with Crippen LogP contribution < -0.4 is 0 Å². The van der Waals surface area contributed by atoms with E-state index in [0.29, 0.717) is 17.2 Å². The molecule has 21 heavy (non-hydrogen) atoms. The summed E-state index contributed by atoms with van der Waals surface area (Å²) in [5.41, 5.74) is 0. The number of thiazole rings is 1. The molecule has 1 saturated heterocycles. The van der Waals surface area contributed by atoms with E-state index in [1.165, 1.54) is 30.4 Å². The Morgan fingerprint density at radius 1 is 1.29 bits per heavy atom. The minimum Gasteiger partial charge on any atom is -0.477 e. The van der Waals surface area contributed by atoms with Crippen molar-refractivity contribution >= 4 is 23.2 Å². The van der Waals surface area contributed by atoms with Crippen LogP contribution in [0.25, 0.3) is 0 Å². The van der Waals surface area contributed by atoms with E-state index in [4.69, 9.17) is 5.11 Å². The number of rotatable bonds is 5. The van der Waals surface area contributed by atoms with E-state index >= 15 is 0 Å². The smallest absolute Gasteiger partial charge is 0.347 e. The zero-order valence-corrected chi connectivity index (χ0v) is 12.8. The average Bonchev–Trinajstić information content (AvgIpc) is 3.18. The maximum absolute atomic E-state index is 12.1. The maximum Gasteiger partial charge on any atom is 0.347 e. The first-order valence-electron chi connectivity index (χ1n) is 7.60. The molecule has 1 aliphatic heterocycles. The van der Waals surface area contributed by atoms with E-state index in [9.17, 15) is 9.59 Å². The molecule has 0 bridgehead atoms. The fraction of sp³-hybridized carbons (Fsp3) is 0.667. The summed E-state index contributed by atoms with van der Waals surface area (Å²) >= 11 is 1.27. The number of nitrogens with zero attached hydrogens (tertiary/aromatic N) is 2. The van der Waals surface area contributed by atoms with Crippen molar-refractivity contribution in [1.82, 2.24) is 9.88 Å². The van der Waals surface area contributed by atoms with Crippen LogP contribution in [0.3, 0.4) is 0 Å². The van der Waals surface area contributed by atoms with Gasteiger partial charge >= 0.3 is 5.97 Å². The summed E-state index contributed by atoms with van der Waals surface area (Å²) in [5.74, 6) is 0.476. The van der Waals surface area contributed by atoms with Gasteiger partial charge in [0.2, 0.25) is 5.91 Å². The van der Waals surface area contributed by atoms with E-state index in [-0.39, 0.29) is 5.91 Å². The monoisotopic (exact) mass is 308 g/mol. The molecular formula is C15H20N2O3S. The fourth-order valence-electron chi connectivity index (χ4n) is 2.84. The van der Waals surface area contributed by atoms with Gasteiger partial charge in [-0.25, -0.2) is 9.78 Å². The molecule has 5 nitrogen and oxygen atoms in total. The van der Waals surface area contributed by atoms with Crippen LogP contribution in [-0.2, 0) is 4.79 Å². The minimum atomic E-state index is -0.911. The van der Waals surface area contributed by atoms with Crippen LogP contribution in [0.15, 0.2) is 6.20 Å². The van der Waals surface area contributed by atoms with Gasteiger partial charge in [-0.1, -0.05) is 12.8 Å². The van der Waals surface area contributed by atoms with Crippen molar-refractivity contribution in [3.05, 3.63) is 16.1 Å². The summed E-state index contributed by atoms with van der Waals surface area (Å²) in [5, 5.41) is 9.84. The summed E-state index contributed by atoms with van der Waals surface area (Å²) in [7, 11) is 0. The molecule has 2 aliphatic rings. The largest absolute Gasteiger partial charge is 0.477 e. The summed E-state index contributed by atoms with van der Waals surface area (Å²) in [4.78, 5) is 29.5. The van der Waals surface area contributed by atoms with Crippen LogP contribution in [0.2, 0.25) is 0 Å². The van der Waals surface area contributed by atoms with Crippen molar-refractivity contribution in [3.63, 3.8) is 0 Å². The molecule has 2 heterocycles. The first kappa shape index (κ1) is 14.5. The van der Waals surface area contributed by atoms with Gasteiger partial charge in [-0.05, 0) is 25.2 Å². The number of aromatic nitrogens is 1. The van der Waals surface area contributed by atoms with Gasteiger partial charge in [-0.2, -0.15) is 0 Å². The lowest BCUT2D eigenvalue weighted by molar-refractivity contribution is -0.132. The van der Waals surface area contributed by atoms with E-state index in [2.05, 4.69) is 4.98 Å². The molecule has 0 atom stereocenters. The molecule has 0 radical (unpaired) electrons. The zero-order chi connectivity index (χ0) is 14.8. The quantitative estimate of drug-likeness (QED) is 0.908. The summed E-state index contributed by atoms with van der Waals surface area (Å²) in [6, 6.07) is 0. The molecule has 3 rings (SSSR count). The Hall–Kier alpha value is -1.43. The second-order valence-corrected chi connectivity index (χ2v) is 7.07. The number of carbonyl (C=O) groups is 2. The molecule has 0 aromatic carbocycles. The molecule has 1 aliphatic carbocycles. The predicted octanol–water partition coefficient (Wildman–Crippen LogP) is 2.74. The number of aromatic carboxylic acids is 1. The molecule has 1 amide bonds. The number of amides is 1. The highest BCUT2D eigenvalue weighted by Gasteiger charge is 2.28. The molecule has 1 aromatic rings. The normalized spacial score (nSPS) is 19.7. The van der Waals surface area contributed by atoms with Crippen LogP contribution in [-0.4, -0.2) is 40.0 Å². The summed E-state index contributed by atoms with van der Waals surface area (Å²) < 4.78 is 0. The molecule has 6 heteroatoms. The van der Waals surface area contributed by atoms with Gasteiger partial charge in [0.1, 0.15) is 4.88 Å². The Morgan fingerprint density at radius 2 is 2.00 bits per heavy atom. The predicted molar refractivity (Wildman–Crippen MR) is 79.6 cm³/mol. The van der Waals surface area contributed by atoms with Crippen LogP contribution in [0.5, 0.6) is 0 Å². The molecule has 1 saturated carbocycles. The first-order valence-corrected chi connectivity index (χ1v) is 8.42. The lowest BCUT2D eigenvalue weighted by atomic mass is 9.97. The van der Waals surface area contributed by atoms with Crippen LogP contribution in [0.1, 0.15) is 59.1 Å². The van der Waals surface area contributed by atoms with Gasteiger partial charge in [-0.15, -0.1) is 11.3 Å². The third kappa shape index (κ3) is 3.61. The van der Waals surface area contributed by atoms with E-state index in [1.807, 2.05) is 4.90 Å². The van der Waals surface area contributed by atoms with Gasteiger partial charge in [0, 0.05) is 25.4 Å².